The molecule has 0 spiro atoms. The molecular weight excluding hydrogens is 319 g/mol. The Kier molecular flexibility index (Phi) is 4.92. The molecule has 1 aromatic heterocycles. The molecule has 2 aromatic rings. The van der Waals surface area contributed by atoms with E-state index in [1.807, 2.05) is 6.07 Å². The predicted molar refractivity (Wildman–Crippen MR) is 88.0 cm³/mol. The summed E-state index contributed by atoms with van der Waals surface area (Å²) < 4.78 is 28.1. The Morgan fingerprint density at radius 2 is 1.91 bits per heavy atom. The minimum absolute atomic E-state index is 0.270. The molecule has 0 atom stereocenters. The van der Waals surface area contributed by atoms with Gasteiger partial charge in [-0.05, 0) is 12.1 Å². The van der Waals surface area contributed by atoms with Gasteiger partial charge in [-0.15, -0.1) is 0 Å². The number of hydrogen-bond donors (Lipinski definition) is 0. The largest absolute Gasteiger partial charge is 0.494 e. The molecule has 0 amide bonds. The van der Waals surface area contributed by atoms with Gasteiger partial charge >= 0.3 is 0 Å². The van der Waals surface area contributed by atoms with E-state index in [0.29, 0.717) is 12.4 Å². The van der Waals surface area contributed by atoms with Crippen LogP contribution in [0.15, 0.2) is 18.2 Å². The van der Waals surface area contributed by atoms with Gasteiger partial charge in [0.15, 0.2) is 17.4 Å². The van der Waals surface area contributed by atoms with Gasteiger partial charge in [-0.3, -0.25) is 0 Å². The number of piperazine rings is 1. The first kappa shape index (κ1) is 15.9. The Bertz CT molecular complexity index is 659. The normalized spacial score (nSPS) is 15.1. The lowest BCUT2D eigenvalue weighted by atomic mass is 10.2. The summed E-state index contributed by atoms with van der Waals surface area (Å²) in [6.45, 7) is 3.71. The van der Waals surface area contributed by atoms with Crippen molar-refractivity contribution < 1.29 is 13.9 Å². The van der Waals surface area contributed by atoms with Crippen molar-refractivity contribution in [2.75, 3.05) is 50.2 Å². The van der Waals surface area contributed by atoms with Crippen molar-refractivity contribution in [3.63, 3.8) is 0 Å². The van der Waals surface area contributed by atoms with Crippen molar-refractivity contribution in [3.05, 3.63) is 29.8 Å². The first-order valence-electron chi connectivity index (χ1n) is 7.36. The lowest BCUT2D eigenvalue weighted by molar-refractivity contribution is 0.179. The number of benzene rings is 1. The maximum Gasteiger partial charge on any atom is 0.205 e. The van der Waals surface area contributed by atoms with Gasteiger partial charge in [0, 0.05) is 56.6 Å². The number of ether oxygens (including phenoxy) is 2. The Morgan fingerprint density at radius 3 is 2.57 bits per heavy atom. The molecular formula is C15H19FN4O2S. The van der Waals surface area contributed by atoms with Gasteiger partial charge in [-0.1, -0.05) is 0 Å². The zero-order chi connectivity index (χ0) is 16.2. The molecule has 8 heteroatoms. The summed E-state index contributed by atoms with van der Waals surface area (Å²) in [6, 6.07) is 5.08. The van der Waals surface area contributed by atoms with Crippen molar-refractivity contribution in [2.24, 2.45) is 0 Å². The van der Waals surface area contributed by atoms with Crippen molar-refractivity contribution in [1.82, 2.24) is 9.36 Å². The van der Waals surface area contributed by atoms with Crippen LogP contribution in [0.1, 0.15) is 5.82 Å². The SMILES string of the molecule is COCc1nsc(N2CCN(c3ccc(OC)c(F)c3)CC2)n1. The van der Waals surface area contributed by atoms with E-state index < -0.39 is 0 Å². The number of nitrogens with zero attached hydrogens (tertiary/aromatic N) is 4. The standard InChI is InChI=1S/C15H19FN4O2S/c1-21-10-14-17-15(23-18-14)20-7-5-19(6-8-20)11-3-4-13(22-2)12(16)9-11/h3-4,9H,5-8,10H2,1-2H3. The van der Waals surface area contributed by atoms with E-state index >= 15 is 0 Å². The molecule has 0 N–H and O–H groups in total. The molecule has 1 aromatic carbocycles. The maximum atomic E-state index is 13.8. The average Bonchev–Trinajstić information content (AvgIpc) is 3.04. The first-order chi connectivity index (χ1) is 11.2. The molecule has 0 radical (unpaired) electrons. The summed E-state index contributed by atoms with van der Waals surface area (Å²) in [5.74, 6) is 0.653. The molecule has 6 nitrogen and oxygen atoms in total. The van der Waals surface area contributed by atoms with E-state index in [4.69, 9.17) is 9.47 Å². The molecule has 0 aliphatic carbocycles. The van der Waals surface area contributed by atoms with Gasteiger partial charge in [-0.2, -0.15) is 4.37 Å². The summed E-state index contributed by atoms with van der Waals surface area (Å²) in [7, 11) is 3.10. The summed E-state index contributed by atoms with van der Waals surface area (Å²) >= 11 is 1.39. The fourth-order valence-electron chi connectivity index (χ4n) is 2.57. The lowest BCUT2D eigenvalue weighted by Crippen LogP contribution is -2.46. The van der Waals surface area contributed by atoms with Crippen molar-refractivity contribution >= 4 is 22.4 Å². The van der Waals surface area contributed by atoms with Crippen molar-refractivity contribution in [1.29, 1.82) is 0 Å². The van der Waals surface area contributed by atoms with Crippen LogP contribution in [0.3, 0.4) is 0 Å². The second-order valence-electron chi connectivity index (χ2n) is 5.22. The van der Waals surface area contributed by atoms with Crippen LogP contribution in [-0.2, 0) is 11.3 Å². The second-order valence-corrected chi connectivity index (χ2v) is 5.95. The van der Waals surface area contributed by atoms with E-state index in [9.17, 15) is 4.39 Å². The number of methoxy groups -OCH3 is 2. The monoisotopic (exact) mass is 338 g/mol. The molecule has 0 unspecified atom stereocenters. The third kappa shape index (κ3) is 3.53. The molecule has 1 saturated heterocycles. The number of anilines is 2. The van der Waals surface area contributed by atoms with Crippen LogP contribution >= 0.6 is 11.5 Å². The highest BCUT2D eigenvalue weighted by molar-refractivity contribution is 7.09. The highest BCUT2D eigenvalue weighted by Crippen LogP contribution is 2.26. The Morgan fingerprint density at radius 1 is 1.17 bits per heavy atom. The maximum absolute atomic E-state index is 13.8. The molecule has 0 bridgehead atoms. The summed E-state index contributed by atoms with van der Waals surface area (Å²) in [4.78, 5) is 8.84. The van der Waals surface area contributed by atoms with Crippen LogP contribution in [0.25, 0.3) is 0 Å². The van der Waals surface area contributed by atoms with Crippen molar-refractivity contribution in [3.8, 4) is 5.75 Å². The topological polar surface area (TPSA) is 50.7 Å². The summed E-state index contributed by atoms with van der Waals surface area (Å²) in [5, 5.41) is 0.914. The Labute approximate surface area is 138 Å². The molecule has 1 fully saturated rings. The van der Waals surface area contributed by atoms with Gasteiger partial charge in [0.1, 0.15) is 6.61 Å². The van der Waals surface area contributed by atoms with Crippen LogP contribution < -0.4 is 14.5 Å². The third-order valence-corrected chi connectivity index (χ3v) is 4.60. The van der Waals surface area contributed by atoms with E-state index in [-0.39, 0.29) is 11.6 Å². The van der Waals surface area contributed by atoms with Crippen LogP contribution in [0.5, 0.6) is 5.75 Å². The van der Waals surface area contributed by atoms with E-state index in [2.05, 4.69) is 19.2 Å². The van der Waals surface area contributed by atoms with Crippen LogP contribution in [0.2, 0.25) is 0 Å². The van der Waals surface area contributed by atoms with Gasteiger partial charge < -0.3 is 19.3 Å². The molecule has 1 aliphatic rings. The minimum atomic E-state index is -0.333. The average molecular weight is 338 g/mol. The zero-order valence-electron chi connectivity index (χ0n) is 13.2. The van der Waals surface area contributed by atoms with Gasteiger partial charge in [0.2, 0.25) is 5.13 Å². The van der Waals surface area contributed by atoms with E-state index in [1.165, 1.54) is 24.7 Å². The highest BCUT2D eigenvalue weighted by Gasteiger charge is 2.21. The van der Waals surface area contributed by atoms with Gasteiger partial charge in [-0.25, -0.2) is 9.37 Å². The van der Waals surface area contributed by atoms with Gasteiger partial charge in [0.25, 0.3) is 0 Å². The van der Waals surface area contributed by atoms with E-state index in [1.54, 1.807) is 13.2 Å². The Hall–Kier alpha value is -1.93. The smallest absolute Gasteiger partial charge is 0.205 e. The summed E-state index contributed by atoms with van der Waals surface area (Å²) in [5.41, 5.74) is 0.875. The van der Waals surface area contributed by atoms with E-state index in [0.717, 1.165) is 37.0 Å². The highest BCUT2D eigenvalue weighted by atomic mass is 32.1. The minimum Gasteiger partial charge on any atom is -0.494 e. The molecule has 124 valence electrons. The first-order valence-corrected chi connectivity index (χ1v) is 8.13. The fraction of sp³-hybridized carbons (Fsp3) is 0.467. The van der Waals surface area contributed by atoms with Crippen LogP contribution in [0.4, 0.5) is 15.2 Å². The zero-order valence-corrected chi connectivity index (χ0v) is 14.0. The molecule has 0 saturated carbocycles. The lowest BCUT2D eigenvalue weighted by Gasteiger charge is -2.35. The predicted octanol–water partition coefficient (Wildman–Crippen LogP) is 2.16. The Balaban J connectivity index is 1.62. The third-order valence-electron chi connectivity index (χ3n) is 3.78. The number of aromatic nitrogens is 2. The van der Waals surface area contributed by atoms with Crippen LogP contribution in [0, 0.1) is 5.82 Å². The summed E-state index contributed by atoms with van der Waals surface area (Å²) in [6.07, 6.45) is 0. The number of hydrogen-bond acceptors (Lipinski definition) is 7. The second kappa shape index (κ2) is 7.10. The molecule has 23 heavy (non-hydrogen) atoms. The molecule has 2 heterocycles. The molecule has 1 aliphatic heterocycles. The van der Waals surface area contributed by atoms with Crippen molar-refractivity contribution in [2.45, 2.75) is 6.61 Å². The number of halogens is 1. The number of rotatable bonds is 5. The fourth-order valence-corrected chi connectivity index (χ4v) is 3.29. The molecule has 3 rings (SSSR count). The van der Waals surface area contributed by atoms with Crippen LogP contribution in [-0.4, -0.2) is 49.8 Å². The van der Waals surface area contributed by atoms with Gasteiger partial charge in [0.05, 0.1) is 7.11 Å². The quantitative estimate of drug-likeness (QED) is 0.833.